The van der Waals surface area contributed by atoms with Crippen molar-refractivity contribution in [1.82, 2.24) is 19.4 Å². The van der Waals surface area contributed by atoms with Crippen molar-refractivity contribution in [2.24, 2.45) is 0 Å². The van der Waals surface area contributed by atoms with Crippen LogP contribution in [-0.2, 0) is 13.1 Å². The molecule has 0 atom stereocenters. The maximum absolute atomic E-state index is 12.6. The smallest absolute Gasteiger partial charge is 0.261 e. The van der Waals surface area contributed by atoms with Crippen molar-refractivity contribution in [3.63, 3.8) is 0 Å². The zero-order valence-corrected chi connectivity index (χ0v) is 17.1. The van der Waals surface area contributed by atoms with Crippen LogP contribution in [0.2, 0.25) is 0 Å². The van der Waals surface area contributed by atoms with Gasteiger partial charge in [0.25, 0.3) is 12.0 Å². The highest BCUT2D eigenvalue weighted by atomic mass is 19.3. The van der Waals surface area contributed by atoms with E-state index in [1.165, 1.54) is 12.7 Å². The van der Waals surface area contributed by atoms with E-state index in [0.717, 1.165) is 54.4 Å². The molecular formula is C21H25F2N5O2. The second-order valence-corrected chi connectivity index (χ2v) is 7.88. The summed E-state index contributed by atoms with van der Waals surface area (Å²) in [6.45, 7) is 7.75. The Morgan fingerprint density at radius 3 is 2.60 bits per heavy atom. The number of alkyl halides is 2. The van der Waals surface area contributed by atoms with Gasteiger partial charge in [-0.1, -0.05) is 13.8 Å². The Morgan fingerprint density at radius 1 is 1.13 bits per heavy atom. The quantitative estimate of drug-likeness (QED) is 0.614. The number of oxazole rings is 1. The first kappa shape index (κ1) is 20.5. The van der Waals surface area contributed by atoms with Crippen molar-refractivity contribution in [2.45, 2.75) is 39.3 Å². The second-order valence-electron chi connectivity index (χ2n) is 7.88. The number of piperazine rings is 1. The minimum atomic E-state index is -2.59. The lowest BCUT2D eigenvalue weighted by molar-refractivity contribution is 0.125. The Labute approximate surface area is 172 Å². The summed E-state index contributed by atoms with van der Waals surface area (Å²) in [5.74, 6) is 1.25. The summed E-state index contributed by atoms with van der Waals surface area (Å²) < 4.78 is 31.7. The van der Waals surface area contributed by atoms with Crippen molar-refractivity contribution in [2.75, 3.05) is 31.1 Å². The number of aromatic nitrogens is 3. The fourth-order valence-electron chi connectivity index (χ4n) is 3.86. The van der Waals surface area contributed by atoms with Crippen LogP contribution in [-0.4, -0.2) is 52.0 Å². The van der Waals surface area contributed by atoms with Gasteiger partial charge in [-0.05, 0) is 18.2 Å². The van der Waals surface area contributed by atoms with Crippen molar-refractivity contribution in [1.29, 1.82) is 0 Å². The summed E-state index contributed by atoms with van der Waals surface area (Å²) in [6.07, 6.45) is 0.118. The first-order chi connectivity index (χ1) is 14.4. The van der Waals surface area contributed by atoms with Crippen LogP contribution in [0.4, 0.5) is 14.5 Å². The van der Waals surface area contributed by atoms with Gasteiger partial charge in [-0.3, -0.25) is 14.3 Å². The average molecular weight is 417 g/mol. The van der Waals surface area contributed by atoms with E-state index in [1.807, 2.05) is 12.1 Å². The lowest BCUT2D eigenvalue weighted by Crippen LogP contribution is -2.46. The van der Waals surface area contributed by atoms with Gasteiger partial charge < -0.3 is 9.32 Å². The average Bonchev–Trinajstić information content (AvgIpc) is 3.19. The molecule has 1 fully saturated rings. The molecule has 9 heteroatoms. The number of anilines is 1. The summed E-state index contributed by atoms with van der Waals surface area (Å²) in [5, 5.41) is 0.354. The molecule has 0 aliphatic carbocycles. The number of benzene rings is 1. The molecule has 1 saturated heterocycles. The second kappa shape index (κ2) is 8.51. The van der Waals surface area contributed by atoms with Crippen LogP contribution in [0.5, 0.6) is 0 Å². The summed E-state index contributed by atoms with van der Waals surface area (Å²) in [6, 6.07) is 5.40. The molecule has 0 radical (unpaired) electrons. The predicted molar refractivity (Wildman–Crippen MR) is 110 cm³/mol. The van der Waals surface area contributed by atoms with Gasteiger partial charge >= 0.3 is 0 Å². The van der Waals surface area contributed by atoms with E-state index >= 15 is 0 Å². The molecule has 1 aliphatic heterocycles. The molecular weight excluding hydrogens is 392 g/mol. The largest absolute Gasteiger partial charge is 0.448 e. The molecule has 0 spiro atoms. The summed E-state index contributed by atoms with van der Waals surface area (Å²) in [7, 11) is 0. The summed E-state index contributed by atoms with van der Waals surface area (Å²) in [5.41, 5.74) is 2.05. The molecule has 1 aromatic carbocycles. The monoisotopic (exact) mass is 417 g/mol. The number of halogens is 2. The Balaban J connectivity index is 1.44. The zero-order valence-electron chi connectivity index (χ0n) is 17.1. The van der Waals surface area contributed by atoms with Gasteiger partial charge in [0.2, 0.25) is 0 Å². The van der Waals surface area contributed by atoms with E-state index in [1.54, 1.807) is 6.07 Å². The molecule has 30 heavy (non-hydrogen) atoms. The molecule has 0 bridgehead atoms. The highest BCUT2D eigenvalue weighted by Gasteiger charge is 2.21. The first-order valence-corrected chi connectivity index (χ1v) is 10.1. The number of hydrogen-bond donors (Lipinski definition) is 0. The molecule has 0 amide bonds. The minimum Gasteiger partial charge on any atom is -0.448 e. The van der Waals surface area contributed by atoms with Crippen molar-refractivity contribution in [3.05, 3.63) is 52.7 Å². The van der Waals surface area contributed by atoms with Crippen LogP contribution in [0.15, 0.2) is 40.1 Å². The fraction of sp³-hybridized carbons (Fsp3) is 0.476. The molecule has 1 aliphatic rings. The number of rotatable bonds is 6. The zero-order chi connectivity index (χ0) is 21.3. The Morgan fingerprint density at radius 2 is 1.90 bits per heavy atom. The minimum absolute atomic E-state index is 0.305. The van der Waals surface area contributed by atoms with Crippen LogP contribution in [0.3, 0.4) is 0 Å². The van der Waals surface area contributed by atoms with Gasteiger partial charge in [0.1, 0.15) is 5.76 Å². The Hall–Kier alpha value is -2.81. The third kappa shape index (κ3) is 4.21. The van der Waals surface area contributed by atoms with E-state index in [9.17, 15) is 13.6 Å². The van der Waals surface area contributed by atoms with Gasteiger partial charge in [0.05, 0.1) is 29.5 Å². The summed E-state index contributed by atoms with van der Waals surface area (Å²) >= 11 is 0. The lowest BCUT2D eigenvalue weighted by Gasteiger charge is -2.36. The Kier molecular flexibility index (Phi) is 5.80. The number of fused-ring (bicyclic) bond motifs is 1. The third-order valence-corrected chi connectivity index (χ3v) is 5.45. The number of nitrogens with zero attached hydrogens (tertiary/aromatic N) is 5. The molecule has 0 saturated carbocycles. The molecule has 2 aromatic heterocycles. The Bertz CT molecular complexity index is 1070. The van der Waals surface area contributed by atoms with E-state index in [2.05, 4.69) is 33.6 Å². The molecule has 3 heterocycles. The topological polar surface area (TPSA) is 67.4 Å². The first-order valence-electron chi connectivity index (χ1n) is 10.1. The molecule has 4 rings (SSSR count). The van der Waals surface area contributed by atoms with Crippen molar-refractivity contribution >= 4 is 16.6 Å². The van der Waals surface area contributed by atoms with E-state index in [0.29, 0.717) is 16.8 Å². The van der Waals surface area contributed by atoms with Crippen LogP contribution in [0, 0.1) is 0 Å². The highest BCUT2D eigenvalue weighted by molar-refractivity contribution is 5.81. The molecule has 0 unspecified atom stereocenters. The highest BCUT2D eigenvalue weighted by Crippen LogP contribution is 2.23. The van der Waals surface area contributed by atoms with Gasteiger partial charge in [-0.15, -0.1) is 0 Å². The van der Waals surface area contributed by atoms with Gasteiger partial charge in [0.15, 0.2) is 6.39 Å². The SMILES string of the molecule is CC(C)c1ocnc1CN1CCN(c2ccc3c(=O)n(CC(F)F)cnc3c2)CC1. The predicted octanol–water partition coefficient (Wildman–Crippen LogP) is 3.10. The van der Waals surface area contributed by atoms with Crippen molar-refractivity contribution in [3.8, 4) is 0 Å². The van der Waals surface area contributed by atoms with Gasteiger partial charge in [-0.25, -0.2) is 18.7 Å². The van der Waals surface area contributed by atoms with Crippen molar-refractivity contribution < 1.29 is 13.2 Å². The summed E-state index contributed by atoms with van der Waals surface area (Å²) in [4.78, 5) is 25.6. The van der Waals surface area contributed by atoms with Crippen LogP contribution in [0.25, 0.3) is 10.9 Å². The third-order valence-electron chi connectivity index (χ3n) is 5.45. The van der Waals surface area contributed by atoms with Crippen LogP contribution in [0.1, 0.15) is 31.2 Å². The lowest BCUT2D eigenvalue weighted by atomic mass is 10.1. The van der Waals surface area contributed by atoms with E-state index < -0.39 is 18.5 Å². The van der Waals surface area contributed by atoms with E-state index in [4.69, 9.17) is 4.42 Å². The maximum Gasteiger partial charge on any atom is 0.261 e. The normalized spacial score (nSPS) is 15.6. The van der Waals surface area contributed by atoms with Gasteiger partial charge in [-0.2, -0.15) is 0 Å². The van der Waals surface area contributed by atoms with E-state index in [-0.39, 0.29) is 0 Å². The maximum atomic E-state index is 12.6. The molecule has 7 nitrogen and oxygen atoms in total. The number of hydrogen-bond acceptors (Lipinski definition) is 6. The molecule has 160 valence electrons. The standard InChI is InChI=1S/C21H25F2N5O2/c1-14(2)20-18(25-13-30-20)10-26-5-7-27(8-6-26)15-3-4-16-17(9-15)24-12-28(21(16)29)11-19(22)23/h3-4,9,12-14,19H,5-8,10-11H2,1-2H3. The van der Waals surface area contributed by atoms with Gasteiger partial charge in [0, 0.05) is 44.3 Å². The van der Waals surface area contributed by atoms with Crippen LogP contribution < -0.4 is 10.5 Å². The van der Waals surface area contributed by atoms with Crippen LogP contribution >= 0.6 is 0 Å². The molecule has 0 N–H and O–H groups in total. The molecule has 3 aromatic rings. The fourth-order valence-corrected chi connectivity index (χ4v) is 3.86.